The second-order valence-electron chi connectivity index (χ2n) is 2.48. The molecule has 0 aliphatic heterocycles. The summed E-state index contributed by atoms with van der Waals surface area (Å²) in [6, 6.07) is 3.63. The lowest BCUT2D eigenvalue weighted by atomic mass is 10.3. The van der Waals surface area contributed by atoms with E-state index in [1.807, 2.05) is 13.0 Å². The quantitative estimate of drug-likeness (QED) is 0.419. The number of rotatable bonds is 0. The predicted octanol–water partition coefficient (Wildman–Crippen LogP) is 1.37. The molecule has 11 heavy (non-hydrogen) atoms. The van der Waals surface area contributed by atoms with Crippen molar-refractivity contribution in [1.82, 2.24) is 0 Å². The number of aromatic nitrogens is 1. The zero-order chi connectivity index (χ0) is 7.84. The van der Waals surface area contributed by atoms with Gasteiger partial charge in [-0.15, -0.1) is 0 Å². The molecular weight excluding hydrogens is 142 g/mol. The lowest BCUT2D eigenvalue weighted by Crippen LogP contribution is -2.23. The van der Waals surface area contributed by atoms with Gasteiger partial charge in [-0.25, -0.2) is 0 Å². The van der Waals surface area contributed by atoms with E-state index in [0.29, 0.717) is 5.58 Å². The molecule has 2 rings (SSSR count). The van der Waals surface area contributed by atoms with Gasteiger partial charge in [0.2, 0.25) is 6.20 Å². The average molecular weight is 149 g/mol. The second-order valence-corrected chi connectivity index (χ2v) is 2.48. The van der Waals surface area contributed by atoms with Crippen molar-refractivity contribution in [1.29, 1.82) is 0 Å². The van der Waals surface area contributed by atoms with Crippen molar-refractivity contribution in [3.05, 3.63) is 35.5 Å². The molecule has 0 aromatic carbocycles. The average Bonchev–Trinajstić information content (AvgIpc) is 2.27. The molecule has 0 N–H and O–H groups in total. The highest BCUT2D eigenvalue weighted by molar-refractivity contribution is 5.75. The SMILES string of the molecule is Cc1cc2cc[n+]([O-])cc2o1. The van der Waals surface area contributed by atoms with Crippen molar-refractivity contribution in [3.63, 3.8) is 0 Å². The first kappa shape index (κ1) is 6.22. The van der Waals surface area contributed by atoms with Gasteiger partial charge >= 0.3 is 0 Å². The second kappa shape index (κ2) is 1.99. The summed E-state index contributed by atoms with van der Waals surface area (Å²) in [5, 5.41) is 11.7. The Morgan fingerprint density at radius 1 is 1.55 bits per heavy atom. The summed E-state index contributed by atoms with van der Waals surface area (Å²) in [7, 11) is 0. The summed E-state index contributed by atoms with van der Waals surface area (Å²) in [6.07, 6.45) is 2.87. The molecule has 0 amide bonds. The van der Waals surface area contributed by atoms with Crippen LogP contribution in [0.2, 0.25) is 0 Å². The predicted molar refractivity (Wildman–Crippen MR) is 39.9 cm³/mol. The van der Waals surface area contributed by atoms with Crippen LogP contribution in [0.4, 0.5) is 0 Å². The van der Waals surface area contributed by atoms with Crippen LogP contribution in [-0.2, 0) is 0 Å². The summed E-state index contributed by atoms with van der Waals surface area (Å²) in [5.41, 5.74) is 0.639. The molecule has 2 heterocycles. The fourth-order valence-corrected chi connectivity index (χ4v) is 1.10. The van der Waals surface area contributed by atoms with E-state index in [9.17, 15) is 5.21 Å². The molecule has 3 heteroatoms. The smallest absolute Gasteiger partial charge is 0.223 e. The Labute approximate surface area is 63.5 Å². The van der Waals surface area contributed by atoms with Gasteiger partial charge in [-0.3, -0.25) is 0 Å². The van der Waals surface area contributed by atoms with E-state index in [0.717, 1.165) is 15.9 Å². The molecule has 3 nitrogen and oxygen atoms in total. The highest BCUT2D eigenvalue weighted by atomic mass is 16.5. The van der Waals surface area contributed by atoms with E-state index >= 15 is 0 Å². The van der Waals surface area contributed by atoms with Crippen molar-refractivity contribution in [2.75, 3.05) is 0 Å². The number of aryl methyl sites for hydroxylation is 1. The molecule has 0 bridgehead atoms. The summed E-state index contributed by atoms with van der Waals surface area (Å²) < 4.78 is 5.96. The van der Waals surface area contributed by atoms with E-state index in [4.69, 9.17) is 4.42 Å². The number of fused-ring (bicyclic) bond motifs is 1. The third-order valence-electron chi connectivity index (χ3n) is 1.56. The van der Waals surface area contributed by atoms with E-state index in [2.05, 4.69) is 0 Å². The minimum atomic E-state index is 0.639. The normalized spacial score (nSPS) is 10.6. The van der Waals surface area contributed by atoms with Crippen molar-refractivity contribution < 1.29 is 9.15 Å². The Balaban J connectivity index is 2.82. The van der Waals surface area contributed by atoms with Gasteiger partial charge in [-0.05, 0) is 13.0 Å². The van der Waals surface area contributed by atoms with Crippen LogP contribution in [-0.4, -0.2) is 0 Å². The Kier molecular flexibility index (Phi) is 1.12. The Morgan fingerprint density at radius 3 is 3.18 bits per heavy atom. The lowest BCUT2D eigenvalue weighted by Gasteiger charge is -1.91. The zero-order valence-electron chi connectivity index (χ0n) is 6.07. The maximum Gasteiger partial charge on any atom is 0.223 e. The van der Waals surface area contributed by atoms with Crippen LogP contribution in [0, 0.1) is 12.1 Å². The van der Waals surface area contributed by atoms with Crippen LogP contribution >= 0.6 is 0 Å². The first-order chi connectivity index (χ1) is 5.25. The summed E-state index contributed by atoms with van der Waals surface area (Å²) >= 11 is 0. The van der Waals surface area contributed by atoms with Gasteiger partial charge in [0.1, 0.15) is 5.76 Å². The van der Waals surface area contributed by atoms with E-state index in [-0.39, 0.29) is 0 Å². The van der Waals surface area contributed by atoms with Crippen LogP contribution in [0.25, 0.3) is 11.0 Å². The van der Waals surface area contributed by atoms with Gasteiger partial charge < -0.3 is 9.62 Å². The third kappa shape index (κ3) is 0.941. The van der Waals surface area contributed by atoms with E-state index < -0.39 is 0 Å². The van der Waals surface area contributed by atoms with Crippen LogP contribution in [0.5, 0.6) is 0 Å². The third-order valence-corrected chi connectivity index (χ3v) is 1.56. The van der Waals surface area contributed by atoms with Gasteiger partial charge in [-0.2, -0.15) is 4.73 Å². The highest BCUT2D eigenvalue weighted by Gasteiger charge is 2.01. The molecule has 0 radical (unpaired) electrons. The van der Waals surface area contributed by atoms with E-state index in [1.54, 1.807) is 6.07 Å². The van der Waals surface area contributed by atoms with Gasteiger partial charge in [-0.1, -0.05) is 0 Å². The number of pyridine rings is 1. The van der Waals surface area contributed by atoms with Crippen molar-refractivity contribution in [3.8, 4) is 0 Å². The number of hydrogen-bond acceptors (Lipinski definition) is 2. The van der Waals surface area contributed by atoms with Gasteiger partial charge in [0.05, 0.1) is 0 Å². The highest BCUT2D eigenvalue weighted by Crippen LogP contribution is 2.15. The topological polar surface area (TPSA) is 40.1 Å². The molecule has 56 valence electrons. The molecular formula is C8H7NO2. The summed E-state index contributed by atoms with van der Waals surface area (Å²) in [5.74, 6) is 0.825. The van der Waals surface area contributed by atoms with Gasteiger partial charge in [0.15, 0.2) is 11.8 Å². The fourth-order valence-electron chi connectivity index (χ4n) is 1.10. The van der Waals surface area contributed by atoms with Gasteiger partial charge in [0.25, 0.3) is 0 Å². The maximum atomic E-state index is 10.7. The molecule has 2 aromatic heterocycles. The molecule has 0 atom stereocenters. The molecule has 0 saturated heterocycles. The maximum absolute atomic E-state index is 10.7. The molecule has 0 spiro atoms. The Bertz CT molecular complexity index is 392. The number of nitrogens with zero attached hydrogens (tertiary/aromatic N) is 1. The largest absolute Gasteiger partial charge is 0.619 e. The van der Waals surface area contributed by atoms with Crippen LogP contribution < -0.4 is 4.73 Å². The molecule has 0 unspecified atom stereocenters. The summed E-state index contributed by atoms with van der Waals surface area (Å²) in [4.78, 5) is 0. The summed E-state index contributed by atoms with van der Waals surface area (Å²) in [6.45, 7) is 1.86. The lowest BCUT2D eigenvalue weighted by molar-refractivity contribution is -0.604. The van der Waals surface area contributed by atoms with Crippen molar-refractivity contribution >= 4 is 11.0 Å². The van der Waals surface area contributed by atoms with Crippen LogP contribution in [0.15, 0.2) is 28.9 Å². The molecule has 2 aromatic rings. The molecule has 0 aliphatic carbocycles. The first-order valence-corrected chi connectivity index (χ1v) is 3.35. The zero-order valence-corrected chi connectivity index (χ0v) is 6.07. The van der Waals surface area contributed by atoms with E-state index in [1.165, 1.54) is 12.4 Å². The van der Waals surface area contributed by atoms with Gasteiger partial charge in [0, 0.05) is 11.5 Å². The molecule has 0 saturated carbocycles. The molecule has 0 fully saturated rings. The van der Waals surface area contributed by atoms with Crippen molar-refractivity contribution in [2.24, 2.45) is 0 Å². The monoisotopic (exact) mass is 149 g/mol. The van der Waals surface area contributed by atoms with Crippen LogP contribution in [0.3, 0.4) is 0 Å². The Hall–Kier alpha value is -1.51. The molecule has 0 aliphatic rings. The number of hydrogen-bond donors (Lipinski definition) is 0. The first-order valence-electron chi connectivity index (χ1n) is 3.35. The Morgan fingerprint density at radius 2 is 2.36 bits per heavy atom. The standard InChI is InChI=1S/C8H7NO2/c1-6-4-7-2-3-9(10)5-8(7)11-6/h2-5H,1H3. The minimum absolute atomic E-state index is 0.639. The number of furan rings is 1. The van der Waals surface area contributed by atoms with Crippen LogP contribution in [0.1, 0.15) is 5.76 Å². The minimum Gasteiger partial charge on any atom is -0.619 e. The fraction of sp³-hybridized carbons (Fsp3) is 0.125. The van der Waals surface area contributed by atoms with Crippen molar-refractivity contribution in [2.45, 2.75) is 6.92 Å².